The Labute approximate surface area is 236 Å². The van der Waals surface area contributed by atoms with Crippen LogP contribution in [0.25, 0.3) is 0 Å². The van der Waals surface area contributed by atoms with E-state index in [0.29, 0.717) is 17.8 Å². The molecule has 3 aromatic rings. The van der Waals surface area contributed by atoms with Gasteiger partial charge in [0.25, 0.3) is 5.91 Å². The van der Waals surface area contributed by atoms with Crippen molar-refractivity contribution in [3.63, 3.8) is 0 Å². The zero-order chi connectivity index (χ0) is 28.3. The minimum Gasteiger partial charge on any atom is -0.351 e. The summed E-state index contributed by atoms with van der Waals surface area (Å²) in [5.41, 5.74) is 4.01. The molecule has 1 aliphatic carbocycles. The monoisotopic (exact) mass is 535 g/mol. The number of carbonyl (C=O) groups is 2. The molecule has 1 aromatic heterocycles. The summed E-state index contributed by atoms with van der Waals surface area (Å²) >= 11 is 0. The van der Waals surface area contributed by atoms with Gasteiger partial charge in [0.1, 0.15) is 12.1 Å². The van der Waals surface area contributed by atoms with Crippen LogP contribution in [0.15, 0.2) is 73.1 Å². The van der Waals surface area contributed by atoms with Crippen molar-refractivity contribution >= 4 is 17.5 Å². The number of pyridine rings is 1. The van der Waals surface area contributed by atoms with E-state index < -0.39 is 12.1 Å². The van der Waals surface area contributed by atoms with Crippen LogP contribution >= 0.6 is 0 Å². The molecule has 1 saturated carbocycles. The van der Waals surface area contributed by atoms with E-state index in [9.17, 15) is 14.9 Å². The van der Waals surface area contributed by atoms with E-state index >= 15 is 0 Å². The maximum atomic E-state index is 14.7. The Morgan fingerprint density at radius 2 is 1.75 bits per heavy atom. The van der Waals surface area contributed by atoms with Crippen molar-refractivity contribution in [1.29, 1.82) is 5.26 Å². The first-order chi connectivity index (χ1) is 19.3. The highest BCUT2D eigenvalue weighted by Crippen LogP contribution is 2.39. The fraction of sp³-hybridized carbons (Fsp3) is 0.394. The Morgan fingerprint density at radius 1 is 1.02 bits per heavy atom. The quantitative estimate of drug-likeness (QED) is 0.395. The second-order valence-electron chi connectivity index (χ2n) is 11.9. The molecule has 40 heavy (non-hydrogen) atoms. The summed E-state index contributed by atoms with van der Waals surface area (Å²) in [4.78, 5) is 36.2. The first-order valence-electron chi connectivity index (χ1n) is 14.2. The summed E-state index contributed by atoms with van der Waals surface area (Å²) in [7, 11) is 0. The molecule has 1 N–H and O–H groups in total. The van der Waals surface area contributed by atoms with E-state index in [1.807, 2.05) is 54.6 Å². The van der Waals surface area contributed by atoms with Gasteiger partial charge in [0.15, 0.2) is 6.19 Å². The van der Waals surface area contributed by atoms with Crippen LogP contribution in [-0.2, 0) is 21.5 Å². The Kier molecular flexibility index (Phi) is 7.88. The van der Waals surface area contributed by atoms with Crippen LogP contribution in [-0.4, -0.2) is 27.7 Å². The van der Waals surface area contributed by atoms with E-state index in [1.165, 1.54) is 11.3 Å². The number of hydrogen-bond donors (Lipinski definition) is 1. The van der Waals surface area contributed by atoms with Crippen LogP contribution in [0.5, 0.6) is 0 Å². The topological polar surface area (TPSA) is 89.3 Å². The number of nitrogens with zero attached hydrogens (tertiary/aromatic N) is 4. The van der Waals surface area contributed by atoms with Gasteiger partial charge in [0.05, 0.1) is 6.54 Å². The molecule has 2 aromatic carbocycles. The number of aromatic nitrogens is 1. The predicted molar refractivity (Wildman–Crippen MR) is 155 cm³/mol. The zero-order valence-electron chi connectivity index (χ0n) is 23.5. The molecular formula is C33H37N5O2. The summed E-state index contributed by atoms with van der Waals surface area (Å²) in [6.07, 6.45) is 10.7. The fourth-order valence-corrected chi connectivity index (χ4v) is 5.89. The number of carbonyl (C=O) groups excluding carboxylic acids is 2. The molecule has 7 heteroatoms. The largest absolute Gasteiger partial charge is 0.351 e. The summed E-state index contributed by atoms with van der Waals surface area (Å²) in [5, 5.41) is 13.3. The van der Waals surface area contributed by atoms with Gasteiger partial charge in [-0.1, -0.05) is 82.5 Å². The number of anilines is 1. The van der Waals surface area contributed by atoms with Crippen molar-refractivity contribution in [2.45, 2.75) is 83.0 Å². The number of amides is 2. The number of rotatable bonds is 6. The average Bonchev–Trinajstić information content (AvgIpc) is 3.35. The SMILES string of the molecule is CC(C)(C)c1ccc(N(C(=O)[C@H]2c3ccccc3CN2C#N)C(C(=O)NC2CCCCC2)c2cccnc2)cc1. The smallest absolute Gasteiger partial charge is 0.256 e. The van der Waals surface area contributed by atoms with E-state index in [0.717, 1.165) is 42.4 Å². The maximum absolute atomic E-state index is 14.7. The van der Waals surface area contributed by atoms with Gasteiger partial charge in [-0.2, -0.15) is 5.26 Å². The van der Waals surface area contributed by atoms with Gasteiger partial charge >= 0.3 is 0 Å². The van der Waals surface area contributed by atoms with Crippen molar-refractivity contribution < 1.29 is 9.59 Å². The lowest BCUT2D eigenvalue weighted by molar-refractivity contribution is -0.129. The van der Waals surface area contributed by atoms with E-state index in [2.05, 4.69) is 37.3 Å². The zero-order valence-corrected chi connectivity index (χ0v) is 23.5. The molecular weight excluding hydrogens is 498 g/mol. The summed E-state index contributed by atoms with van der Waals surface area (Å²) in [6.45, 7) is 6.77. The molecule has 0 radical (unpaired) electrons. The molecule has 206 valence electrons. The van der Waals surface area contributed by atoms with Gasteiger partial charge in [-0.25, -0.2) is 0 Å². The van der Waals surface area contributed by atoms with Crippen molar-refractivity contribution in [2.24, 2.45) is 0 Å². The first kappa shape index (κ1) is 27.4. The second-order valence-corrected chi connectivity index (χ2v) is 11.9. The van der Waals surface area contributed by atoms with E-state index in [-0.39, 0.29) is 23.3 Å². The highest BCUT2D eigenvalue weighted by molar-refractivity contribution is 6.04. The van der Waals surface area contributed by atoms with Crippen LogP contribution < -0.4 is 10.2 Å². The predicted octanol–water partition coefficient (Wildman–Crippen LogP) is 5.94. The van der Waals surface area contributed by atoms with Gasteiger partial charge in [-0.3, -0.25) is 24.4 Å². The Balaban J connectivity index is 1.62. The second kappa shape index (κ2) is 11.5. The standard InChI is InChI=1S/C33H37N5O2/c1-33(2,3)25-15-17-27(18-16-25)38(32(40)30-28-14-8-7-10-24(28)21-37(30)22-34)29(23-11-9-19-35-20-23)31(39)36-26-12-5-4-6-13-26/h7-11,14-20,26,29-30H,4-6,12-13,21H2,1-3H3,(H,36,39)/t29?,30-/m1/s1. The molecule has 2 amide bonds. The number of hydrogen-bond acceptors (Lipinski definition) is 5. The van der Waals surface area contributed by atoms with Gasteiger partial charge in [-0.15, -0.1) is 0 Å². The molecule has 2 atom stereocenters. The molecule has 0 bridgehead atoms. The fourth-order valence-electron chi connectivity index (χ4n) is 5.89. The van der Waals surface area contributed by atoms with Gasteiger partial charge in [-0.05, 0) is 53.1 Å². The first-order valence-corrected chi connectivity index (χ1v) is 14.2. The molecule has 1 unspecified atom stereocenters. The molecule has 1 fully saturated rings. The molecule has 0 saturated heterocycles. The van der Waals surface area contributed by atoms with E-state index in [4.69, 9.17) is 0 Å². The average molecular weight is 536 g/mol. The minimum atomic E-state index is -0.947. The Hall–Kier alpha value is -4.18. The van der Waals surface area contributed by atoms with Gasteiger partial charge < -0.3 is 5.32 Å². The Morgan fingerprint density at radius 3 is 2.40 bits per heavy atom. The van der Waals surface area contributed by atoms with Crippen molar-refractivity contribution in [1.82, 2.24) is 15.2 Å². The van der Waals surface area contributed by atoms with E-state index in [1.54, 1.807) is 23.4 Å². The van der Waals surface area contributed by atoms with Crippen LogP contribution in [0.4, 0.5) is 5.69 Å². The van der Waals surface area contributed by atoms with Crippen molar-refractivity contribution in [3.05, 3.63) is 95.3 Å². The van der Waals surface area contributed by atoms with Crippen molar-refractivity contribution in [2.75, 3.05) is 4.90 Å². The third-order valence-electron chi connectivity index (χ3n) is 8.07. The number of nitrogens with one attached hydrogen (secondary N) is 1. The minimum absolute atomic E-state index is 0.0726. The van der Waals surface area contributed by atoms with Crippen LogP contribution in [0, 0.1) is 11.5 Å². The normalized spacial score (nSPS) is 17.9. The summed E-state index contributed by atoms with van der Waals surface area (Å²) in [6, 6.07) is 17.4. The molecule has 2 heterocycles. The van der Waals surface area contributed by atoms with Gasteiger partial charge in [0.2, 0.25) is 5.91 Å². The molecule has 0 spiro atoms. The molecule has 7 nitrogen and oxygen atoms in total. The Bertz CT molecular complexity index is 1380. The highest BCUT2D eigenvalue weighted by atomic mass is 16.2. The van der Waals surface area contributed by atoms with Crippen LogP contribution in [0.2, 0.25) is 0 Å². The lowest BCUT2D eigenvalue weighted by atomic mass is 9.87. The number of benzene rings is 2. The number of fused-ring (bicyclic) bond motifs is 1. The molecule has 2 aliphatic rings. The molecule has 1 aliphatic heterocycles. The third kappa shape index (κ3) is 5.58. The van der Waals surface area contributed by atoms with Crippen molar-refractivity contribution in [3.8, 4) is 6.19 Å². The lowest BCUT2D eigenvalue weighted by Gasteiger charge is -2.36. The maximum Gasteiger partial charge on any atom is 0.256 e. The number of nitriles is 1. The van der Waals surface area contributed by atoms with Crippen LogP contribution in [0.1, 0.15) is 87.2 Å². The third-order valence-corrected chi connectivity index (χ3v) is 8.07. The lowest BCUT2D eigenvalue weighted by Crippen LogP contribution is -2.49. The van der Waals surface area contributed by atoms with Crippen LogP contribution in [0.3, 0.4) is 0 Å². The summed E-state index contributed by atoms with van der Waals surface area (Å²) < 4.78 is 0. The van der Waals surface area contributed by atoms with Gasteiger partial charge in [0, 0.05) is 29.7 Å². The highest BCUT2D eigenvalue weighted by Gasteiger charge is 2.43. The summed E-state index contributed by atoms with van der Waals surface area (Å²) in [5.74, 6) is -0.550. The molecule has 5 rings (SSSR count).